The summed E-state index contributed by atoms with van der Waals surface area (Å²) >= 11 is 0. The summed E-state index contributed by atoms with van der Waals surface area (Å²) in [4.78, 5) is 11.5. The van der Waals surface area contributed by atoms with Gasteiger partial charge >= 0.3 is 5.97 Å². The van der Waals surface area contributed by atoms with Gasteiger partial charge in [0.1, 0.15) is 11.5 Å². The second-order valence-electron chi connectivity index (χ2n) is 7.32. The molecule has 0 radical (unpaired) electrons. The molecule has 1 N–H and O–H groups in total. The van der Waals surface area contributed by atoms with Gasteiger partial charge in [-0.05, 0) is 66.6 Å². The Morgan fingerprint density at radius 1 is 0.938 bits per heavy atom. The number of carbonyl (C=O) groups excluding carboxylic acids is 1. The molecule has 3 rings (SSSR count). The van der Waals surface area contributed by atoms with Crippen molar-refractivity contribution >= 4 is 5.97 Å². The Labute approximate surface area is 188 Å². The molecular formula is C26H26N2O4. The van der Waals surface area contributed by atoms with Crippen LogP contribution in [-0.4, -0.2) is 25.7 Å². The predicted molar refractivity (Wildman–Crippen MR) is 121 cm³/mol. The van der Waals surface area contributed by atoms with Crippen molar-refractivity contribution in [3.8, 4) is 17.6 Å². The maximum Gasteiger partial charge on any atom is 0.337 e. The SMILES string of the molecule is COC(=O)c1ccc(CNC[C@@H](C)OCc2ccc(Oc3ccc(C#N)cc3)cc2)cc1. The van der Waals surface area contributed by atoms with E-state index in [1.807, 2.05) is 43.3 Å². The van der Waals surface area contributed by atoms with E-state index in [-0.39, 0.29) is 12.1 Å². The van der Waals surface area contributed by atoms with Crippen LogP contribution in [0, 0.1) is 11.3 Å². The third-order valence-corrected chi connectivity index (χ3v) is 4.81. The minimum Gasteiger partial charge on any atom is -0.465 e. The predicted octanol–water partition coefficient (Wildman–Crippen LogP) is 4.83. The summed E-state index contributed by atoms with van der Waals surface area (Å²) in [7, 11) is 1.37. The Morgan fingerprint density at radius 2 is 1.53 bits per heavy atom. The van der Waals surface area contributed by atoms with Crippen LogP contribution in [0.3, 0.4) is 0 Å². The van der Waals surface area contributed by atoms with Crippen molar-refractivity contribution in [1.82, 2.24) is 5.32 Å². The number of carbonyl (C=O) groups is 1. The third-order valence-electron chi connectivity index (χ3n) is 4.81. The van der Waals surface area contributed by atoms with E-state index >= 15 is 0 Å². The topological polar surface area (TPSA) is 80.6 Å². The summed E-state index contributed by atoms with van der Waals surface area (Å²) in [6.07, 6.45) is 0.0407. The smallest absolute Gasteiger partial charge is 0.337 e. The minimum absolute atomic E-state index is 0.0407. The number of nitrogens with zero attached hydrogens (tertiary/aromatic N) is 1. The first kappa shape index (κ1) is 23.0. The lowest BCUT2D eigenvalue weighted by molar-refractivity contribution is 0.0530. The average Bonchev–Trinajstić information content (AvgIpc) is 2.84. The molecule has 6 heteroatoms. The van der Waals surface area contributed by atoms with Crippen molar-refractivity contribution in [2.45, 2.75) is 26.2 Å². The van der Waals surface area contributed by atoms with Crippen LogP contribution in [0.15, 0.2) is 72.8 Å². The summed E-state index contributed by atoms with van der Waals surface area (Å²) in [6, 6.07) is 24.2. The number of esters is 1. The molecule has 0 saturated heterocycles. The molecule has 1 atom stereocenters. The molecular weight excluding hydrogens is 404 g/mol. The van der Waals surface area contributed by atoms with E-state index in [1.54, 1.807) is 36.4 Å². The van der Waals surface area contributed by atoms with Gasteiger partial charge in [-0.1, -0.05) is 24.3 Å². The van der Waals surface area contributed by atoms with E-state index in [0.717, 1.165) is 16.9 Å². The molecule has 0 bridgehead atoms. The monoisotopic (exact) mass is 430 g/mol. The molecule has 164 valence electrons. The number of methoxy groups -OCH3 is 1. The lowest BCUT2D eigenvalue weighted by Gasteiger charge is -2.14. The Balaban J connectivity index is 1.38. The summed E-state index contributed by atoms with van der Waals surface area (Å²) in [6.45, 7) is 3.93. The highest BCUT2D eigenvalue weighted by atomic mass is 16.5. The van der Waals surface area contributed by atoms with Gasteiger partial charge in [-0.2, -0.15) is 5.26 Å². The maximum absolute atomic E-state index is 11.5. The Bertz CT molecular complexity index is 1040. The zero-order valence-corrected chi connectivity index (χ0v) is 18.2. The lowest BCUT2D eigenvalue weighted by Crippen LogP contribution is -2.26. The maximum atomic E-state index is 11.5. The van der Waals surface area contributed by atoms with Crippen LogP contribution < -0.4 is 10.1 Å². The Hall–Kier alpha value is -3.66. The summed E-state index contributed by atoms with van der Waals surface area (Å²) < 4.78 is 16.4. The summed E-state index contributed by atoms with van der Waals surface area (Å²) in [5, 5.41) is 12.2. The molecule has 6 nitrogen and oxygen atoms in total. The third kappa shape index (κ3) is 6.95. The van der Waals surface area contributed by atoms with E-state index in [4.69, 9.17) is 19.5 Å². The highest BCUT2D eigenvalue weighted by Gasteiger charge is 2.06. The zero-order valence-electron chi connectivity index (χ0n) is 18.2. The quantitative estimate of drug-likeness (QED) is 0.464. The fraction of sp³-hybridized carbons (Fsp3) is 0.231. The van der Waals surface area contributed by atoms with Gasteiger partial charge < -0.3 is 19.5 Å². The number of benzene rings is 3. The summed E-state index contributed by atoms with van der Waals surface area (Å²) in [5.41, 5.74) is 3.29. The largest absolute Gasteiger partial charge is 0.465 e. The highest BCUT2D eigenvalue weighted by molar-refractivity contribution is 5.89. The lowest BCUT2D eigenvalue weighted by atomic mass is 10.1. The molecule has 0 heterocycles. The van der Waals surface area contributed by atoms with Crippen molar-refractivity contribution in [2.24, 2.45) is 0 Å². The van der Waals surface area contributed by atoms with E-state index in [1.165, 1.54) is 7.11 Å². The average molecular weight is 431 g/mol. The second kappa shape index (κ2) is 11.7. The Morgan fingerprint density at radius 3 is 2.12 bits per heavy atom. The Kier molecular flexibility index (Phi) is 8.38. The molecule has 0 aliphatic rings. The van der Waals surface area contributed by atoms with Gasteiger partial charge in [0, 0.05) is 13.1 Å². The molecule has 0 amide bonds. The summed E-state index contributed by atoms with van der Waals surface area (Å²) in [5.74, 6) is 1.08. The van der Waals surface area contributed by atoms with E-state index in [0.29, 0.717) is 36.6 Å². The van der Waals surface area contributed by atoms with Crippen molar-refractivity contribution in [1.29, 1.82) is 5.26 Å². The zero-order chi connectivity index (χ0) is 22.8. The van der Waals surface area contributed by atoms with Gasteiger partial charge in [0.2, 0.25) is 0 Å². The number of hydrogen-bond donors (Lipinski definition) is 1. The fourth-order valence-electron chi connectivity index (χ4n) is 2.98. The van der Waals surface area contributed by atoms with E-state index < -0.39 is 0 Å². The fourth-order valence-corrected chi connectivity index (χ4v) is 2.98. The van der Waals surface area contributed by atoms with Crippen LogP contribution in [-0.2, 0) is 22.6 Å². The number of nitrogens with one attached hydrogen (secondary N) is 1. The number of rotatable bonds is 10. The van der Waals surface area contributed by atoms with Gasteiger partial charge in [0.15, 0.2) is 0 Å². The molecule has 0 aliphatic carbocycles. The molecule has 0 aliphatic heterocycles. The van der Waals surface area contributed by atoms with E-state index in [9.17, 15) is 4.79 Å². The molecule has 0 spiro atoms. The molecule has 0 saturated carbocycles. The number of ether oxygens (including phenoxy) is 3. The van der Waals surface area contributed by atoms with E-state index in [2.05, 4.69) is 11.4 Å². The normalized spacial score (nSPS) is 11.4. The number of nitriles is 1. The van der Waals surface area contributed by atoms with Crippen molar-refractivity contribution in [3.05, 3.63) is 95.1 Å². The molecule has 0 aromatic heterocycles. The molecule has 0 unspecified atom stereocenters. The van der Waals surface area contributed by atoms with Crippen molar-refractivity contribution < 1.29 is 19.0 Å². The molecule has 3 aromatic rings. The van der Waals surface area contributed by atoms with Crippen LogP contribution in [0.2, 0.25) is 0 Å². The van der Waals surface area contributed by atoms with Crippen LogP contribution in [0.25, 0.3) is 0 Å². The first-order valence-corrected chi connectivity index (χ1v) is 10.3. The van der Waals surface area contributed by atoms with Crippen LogP contribution in [0.5, 0.6) is 11.5 Å². The van der Waals surface area contributed by atoms with Gasteiger partial charge in [-0.3, -0.25) is 0 Å². The first-order valence-electron chi connectivity index (χ1n) is 10.3. The number of hydrogen-bond acceptors (Lipinski definition) is 6. The van der Waals surface area contributed by atoms with Gasteiger partial charge in [-0.25, -0.2) is 4.79 Å². The minimum atomic E-state index is -0.333. The second-order valence-corrected chi connectivity index (χ2v) is 7.32. The van der Waals surface area contributed by atoms with Crippen molar-refractivity contribution in [2.75, 3.05) is 13.7 Å². The van der Waals surface area contributed by atoms with Crippen LogP contribution >= 0.6 is 0 Å². The highest BCUT2D eigenvalue weighted by Crippen LogP contribution is 2.22. The molecule has 32 heavy (non-hydrogen) atoms. The molecule has 0 fully saturated rings. The van der Waals surface area contributed by atoms with Gasteiger partial charge in [0.25, 0.3) is 0 Å². The van der Waals surface area contributed by atoms with Crippen LogP contribution in [0.4, 0.5) is 0 Å². The van der Waals surface area contributed by atoms with Crippen molar-refractivity contribution in [3.63, 3.8) is 0 Å². The van der Waals surface area contributed by atoms with Gasteiger partial charge in [-0.15, -0.1) is 0 Å². The van der Waals surface area contributed by atoms with Crippen LogP contribution in [0.1, 0.15) is 34.0 Å². The standard InChI is InChI=1S/C26H26N2O4/c1-19(16-28-17-21-3-9-23(10-4-21)26(29)30-2)31-18-22-7-13-25(14-8-22)32-24-11-5-20(15-27)6-12-24/h3-14,19,28H,16-18H2,1-2H3/t19-/m1/s1. The first-order chi connectivity index (χ1) is 15.6. The molecule has 3 aromatic carbocycles. The van der Waals surface area contributed by atoms with Gasteiger partial charge in [0.05, 0.1) is 37.0 Å².